The van der Waals surface area contributed by atoms with Crippen molar-refractivity contribution in [3.05, 3.63) is 64.7 Å². The maximum Gasteiger partial charge on any atom is 0.0561 e. The lowest BCUT2D eigenvalue weighted by molar-refractivity contribution is 0.148. The molecule has 1 fully saturated rings. The SMILES string of the molecule is Cc1cc(C)c(CN2CCN(C)CC2)cc1C=NNc1ccccc1. The van der Waals surface area contributed by atoms with Gasteiger partial charge < -0.3 is 4.90 Å². The predicted octanol–water partition coefficient (Wildman–Crippen LogP) is 3.50. The van der Waals surface area contributed by atoms with Crippen molar-refractivity contribution in [1.29, 1.82) is 0 Å². The third-order valence-corrected chi connectivity index (χ3v) is 4.89. The van der Waals surface area contributed by atoms with Crippen LogP contribution in [0.5, 0.6) is 0 Å². The number of benzene rings is 2. The molecule has 0 amide bonds. The monoisotopic (exact) mass is 336 g/mol. The summed E-state index contributed by atoms with van der Waals surface area (Å²) in [5, 5.41) is 4.40. The molecule has 2 aromatic rings. The van der Waals surface area contributed by atoms with Gasteiger partial charge in [-0.2, -0.15) is 5.10 Å². The smallest absolute Gasteiger partial charge is 0.0561 e. The summed E-state index contributed by atoms with van der Waals surface area (Å²) in [6, 6.07) is 14.6. The second-order valence-electron chi connectivity index (χ2n) is 6.95. The molecule has 1 N–H and O–H groups in total. The van der Waals surface area contributed by atoms with Crippen LogP contribution in [0, 0.1) is 13.8 Å². The van der Waals surface area contributed by atoms with E-state index in [-0.39, 0.29) is 0 Å². The molecule has 1 saturated heterocycles. The van der Waals surface area contributed by atoms with Gasteiger partial charge in [0.1, 0.15) is 0 Å². The highest BCUT2D eigenvalue weighted by atomic mass is 15.3. The van der Waals surface area contributed by atoms with Gasteiger partial charge >= 0.3 is 0 Å². The van der Waals surface area contributed by atoms with Crippen molar-refractivity contribution < 1.29 is 0 Å². The molecule has 0 aromatic heterocycles. The van der Waals surface area contributed by atoms with Crippen LogP contribution in [0.4, 0.5) is 5.69 Å². The van der Waals surface area contributed by atoms with Crippen LogP contribution < -0.4 is 5.43 Å². The standard InChI is InChI=1S/C21H28N4/c1-17-13-18(2)20(16-25-11-9-24(3)10-12-25)14-19(17)15-22-23-21-7-5-4-6-8-21/h4-8,13-15,23H,9-12,16H2,1-3H3. The normalized spacial score (nSPS) is 16.4. The van der Waals surface area contributed by atoms with Gasteiger partial charge in [0, 0.05) is 32.7 Å². The Morgan fingerprint density at radius 1 is 1.00 bits per heavy atom. The van der Waals surface area contributed by atoms with Crippen molar-refractivity contribution in [3.8, 4) is 0 Å². The number of hydrogen-bond acceptors (Lipinski definition) is 4. The number of aryl methyl sites for hydroxylation is 2. The van der Waals surface area contributed by atoms with Crippen molar-refractivity contribution in [2.75, 3.05) is 38.7 Å². The van der Waals surface area contributed by atoms with E-state index in [0.717, 1.165) is 38.4 Å². The van der Waals surface area contributed by atoms with E-state index < -0.39 is 0 Å². The molecule has 0 atom stereocenters. The number of nitrogens with zero attached hydrogens (tertiary/aromatic N) is 3. The molecule has 4 nitrogen and oxygen atoms in total. The van der Waals surface area contributed by atoms with Gasteiger partial charge in [-0.3, -0.25) is 10.3 Å². The van der Waals surface area contributed by atoms with Gasteiger partial charge in [0.05, 0.1) is 11.9 Å². The van der Waals surface area contributed by atoms with Crippen LogP contribution in [-0.4, -0.2) is 49.2 Å². The zero-order valence-electron chi connectivity index (χ0n) is 15.5. The summed E-state index contributed by atoms with van der Waals surface area (Å²) in [6.07, 6.45) is 1.93. The zero-order chi connectivity index (χ0) is 17.6. The lowest BCUT2D eigenvalue weighted by atomic mass is 10.00. The number of likely N-dealkylation sites (N-methyl/N-ethyl adjacent to an activating group) is 1. The van der Waals surface area contributed by atoms with Crippen molar-refractivity contribution >= 4 is 11.9 Å². The lowest BCUT2D eigenvalue weighted by Crippen LogP contribution is -2.44. The molecule has 132 valence electrons. The summed E-state index contributed by atoms with van der Waals surface area (Å²) in [5.41, 5.74) is 9.30. The first-order chi connectivity index (χ1) is 12.1. The summed E-state index contributed by atoms with van der Waals surface area (Å²) in [5.74, 6) is 0. The quantitative estimate of drug-likeness (QED) is 0.670. The third kappa shape index (κ3) is 4.91. The van der Waals surface area contributed by atoms with E-state index in [0.29, 0.717) is 0 Å². The number of hydrazone groups is 1. The van der Waals surface area contributed by atoms with Crippen molar-refractivity contribution in [3.63, 3.8) is 0 Å². The Labute approximate surface area is 151 Å². The predicted molar refractivity (Wildman–Crippen MR) is 106 cm³/mol. The second-order valence-corrected chi connectivity index (χ2v) is 6.95. The van der Waals surface area contributed by atoms with Crippen molar-refractivity contribution in [2.45, 2.75) is 20.4 Å². The summed E-state index contributed by atoms with van der Waals surface area (Å²) >= 11 is 0. The summed E-state index contributed by atoms with van der Waals surface area (Å²) in [6.45, 7) is 9.97. The number of para-hydroxylation sites is 1. The fourth-order valence-corrected chi connectivity index (χ4v) is 3.16. The van der Waals surface area contributed by atoms with E-state index >= 15 is 0 Å². The highest BCUT2D eigenvalue weighted by molar-refractivity contribution is 5.82. The summed E-state index contributed by atoms with van der Waals surface area (Å²) in [7, 11) is 2.20. The first-order valence-electron chi connectivity index (χ1n) is 8.97. The molecule has 0 unspecified atom stereocenters. The molecule has 3 rings (SSSR count). The minimum absolute atomic E-state index is 1.00. The second kappa shape index (κ2) is 8.28. The fourth-order valence-electron chi connectivity index (χ4n) is 3.16. The maximum absolute atomic E-state index is 4.40. The third-order valence-electron chi connectivity index (χ3n) is 4.89. The van der Waals surface area contributed by atoms with E-state index in [1.165, 1.54) is 22.3 Å². The minimum Gasteiger partial charge on any atom is -0.304 e. The number of anilines is 1. The van der Waals surface area contributed by atoms with Gasteiger partial charge in [-0.15, -0.1) is 0 Å². The lowest BCUT2D eigenvalue weighted by Gasteiger charge is -2.32. The first-order valence-corrected chi connectivity index (χ1v) is 8.97. The first kappa shape index (κ1) is 17.6. The molecule has 4 heteroatoms. The maximum atomic E-state index is 4.40. The van der Waals surface area contributed by atoms with Gasteiger partial charge in [0.15, 0.2) is 0 Å². The molecule has 0 saturated carbocycles. The van der Waals surface area contributed by atoms with Gasteiger partial charge in [-0.05, 0) is 61.3 Å². The number of piperazine rings is 1. The van der Waals surface area contributed by atoms with Gasteiger partial charge in [-0.1, -0.05) is 24.3 Å². The molecular weight excluding hydrogens is 308 g/mol. The molecule has 1 aliphatic heterocycles. The highest BCUT2D eigenvalue weighted by Crippen LogP contribution is 2.18. The number of hydrogen-bond donors (Lipinski definition) is 1. The van der Waals surface area contributed by atoms with Gasteiger partial charge in [-0.25, -0.2) is 0 Å². The molecule has 0 spiro atoms. The minimum atomic E-state index is 1.00. The van der Waals surface area contributed by atoms with Crippen LogP contribution in [0.25, 0.3) is 0 Å². The fraction of sp³-hybridized carbons (Fsp3) is 0.381. The molecule has 0 radical (unpaired) electrons. The molecule has 1 aliphatic rings. The van der Waals surface area contributed by atoms with Crippen molar-refractivity contribution in [2.24, 2.45) is 5.10 Å². The molecule has 1 heterocycles. The van der Waals surface area contributed by atoms with E-state index in [2.05, 4.69) is 53.4 Å². The Hall–Kier alpha value is -2.17. The average molecular weight is 336 g/mol. The molecule has 2 aromatic carbocycles. The van der Waals surface area contributed by atoms with E-state index in [4.69, 9.17) is 0 Å². The van der Waals surface area contributed by atoms with Crippen LogP contribution in [-0.2, 0) is 6.54 Å². The Balaban J connectivity index is 1.69. The zero-order valence-corrected chi connectivity index (χ0v) is 15.5. The molecule has 25 heavy (non-hydrogen) atoms. The molecule has 0 bridgehead atoms. The van der Waals surface area contributed by atoms with E-state index in [9.17, 15) is 0 Å². The Morgan fingerprint density at radius 3 is 2.44 bits per heavy atom. The highest BCUT2D eigenvalue weighted by Gasteiger charge is 2.15. The Kier molecular flexibility index (Phi) is 5.84. The topological polar surface area (TPSA) is 30.9 Å². The van der Waals surface area contributed by atoms with Crippen molar-refractivity contribution in [1.82, 2.24) is 9.80 Å². The van der Waals surface area contributed by atoms with E-state index in [1.54, 1.807) is 0 Å². The van der Waals surface area contributed by atoms with Gasteiger partial charge in [0.2, 0.25) is 0 Å². The van der Waals surface area contributed by atoms with Crippen LogP contribution >= 0.6 is 0 Å². The molecular formula is C21H28N4. The van der Waals surface area contributed by atoms with Gasteiger partial charge in [0.25, 0.3) is 0 Å². The Bertz CT molecular complexity index is 716. The molecule has 0 aliphatic carbocycles. The summed E-state index contributed by atoms with van der Waals surface area (Å²) < 4.78 is 0. The van der Waals surface area contributed by atoms with Crippen LogP contribution in [0.2, 0.25) is 0 Å². The Morgan fingerprint density at radius 2 is 1.72 bits per heavy atom. The average Bonchev–Trinajstić information content (AvgIpc) is 2.61. The van der Waals surface area contributed by atoms with Crippen LogP contribution in [0.1, 0.15) is 22.3 Å². The largest absolute Gasteiger partial charge is 0.304 e. The van der Waals surface area contributed by atoms with Crippen LogP contribution in [0.3, 0.4) is 0 Å². The van der Waals surface area contributed by atoms with Crippen LogP contribution in [0.15, 0.2) is 47.6 Å². The number of rotatable bonds is 5. The number of nitrogens with one attached hydrogen (secondary N) is 1. The summed E-state index contributed by atoms with van der Waals surface area (Å²) in [4.78, 5) is 4.94. The van der Waals surface area contributed by atoms with E-state index in [1.807, 2.05) is 36.5 Å².